The highest BCUT2D eigenvalue weighted by Crippen LogP contribution is 2.36. The van der Waals surface area contributed by atoms with Crippen LogP contribution in [0.4, 0.5) is 9.93 Å². The summed E-state index contributed by atoms with van der Waals surface area (Å²) < 4.78 is 0. The summed E-state index contributed by atoms with van der Waals surface area (Å²) in [4.78, 5) is 43.3. The molecule has 0 atom stereocenters. The molecule has 4 rings (SSSR count). The van der Waals surface area contributed by atoms with Crippen molar-refractivity contribution >= 4 is 34.3 Å². The van der Waals surface area contributed by atoms with E-state index in [1.54, 1.807) is 0 Å². The Kier molecular flexibility index (Phi) is 6.07. The van der Waals surface area contributed by atoms with Crippen molar-refractivity contribution in [1.82, 2.24) is 15.2 Å². The number of hydrogen-bond acceptors (Lipinski definition) is 5. The van der Waals surface area contributed by atoms with Crippen LogP contribution in [-0.4, -0.2) is 39.8 Å². The third-order valence-corrected chi connectivity index (χ3v) is 7.15. The van der Waals surface area contributed by atoms with Crippen LogP contribution in [0.25, 0.3) is 11.3 Å². The molecule has 7 nitrogen and oxygen atoms in total. The summed E-state index contributed by atoms with van der Waals surface area (Å²) in [6.45, 7) is 8.37. The minimum Gasteiger partial charge on any atom is -0.323 e. The van der Waals surface area contributed by atoms with Gasteiger partial charge in [0.05, 0.1) is 5.69 Å². The van der Waals surface area contributed by atoms with Gasteiger partial charge in [-0.1, -0.05) is 58.7 Å². The van der Waals surface area contributed by atoms with Crippen molar-refractivity contribution in [3.63, 3.8) is 0 Å². The molecule has 1 aliphatic carbocycles. The number of benzene rings is 1. The third kappa shape index (κ3) is 4.16. The molecule has 0 unspecified atom stereocenters. The van der Waals surface area contributed by atoms with E-state index < -0.39 is 17.5 Å². The summed E-state index contributed by atoms with van der Waals surface area (Å²) in [7, 11) is 0. The molecule has 0 radical (unpaired) electrons. The lowest BCUT2D eigenvalue weighted by Gasteiger charge is -2.19. The minimum atomic E-state index is -0.804. The number of anilines is 1. The van der Waals surface area contributed by atoms with E-state index in [2.05, 4.69) is 61.5 Å². The second-order valence-corrected chi connectivity index (χ2v) is 10.2. The van der Waals surface area contributed by atoms with Crippen LogP contribution in [0.2, 0.25) is 0 Å². The van der Waals surface area contributed by atoms with Crippen LogP contribution in [0.15, 0.2) is 23.6 Å². The minimum absolute atomic E-state index is 0.290. The van der Waals surface area contributed by atoms with Crippen LogP contribution >= 0.6 is 11.3 Å². The van der Waals surface area contributed by atoms with Gasteiger partial charge in [-0.25, -0.2) is 9.78 Å². The molecule has 2 heterocycles. The van der Waals surface area contributed by atoms with E-state index in [-0.39, 0.29) is 12.5 Å². The first-order valence-electron chi connectivity index (χ1n) is 11.2. The Morgan fingerprint density at radius 2 is 1.91 bits per heavy atom. The normalized spacial score (nSPS) is 17.6. The van der Waals surface area contributed by atoms with E-state index in [1.165, 1.54) is 22.5 Å². The maximum atomic E-state index is 12.7. The molecule has 8 heteroatoms. The number of imide groups is 1. The number of hydrogen-bond donors (Lipinski definition) is 2. The number of nitrogens with zero attached hydrogens (tertiary/aromatic N) is 2. The van der Waals surface area contributed by atoms with Gasteiger partial charge in [-0.15, -0.1) is 11.3 Å². The van der Waals surface area contributed by atoms with E-state index >= 15 is 0 Å². The van der Waals surface area contributed by atoms with Gasteiger partial charge >= 0.3 is 6.03 Å². The van der Waals surface area contributed by atoms with Crippen molar-refractivity contribution < 1.29 is 14.4 Å². The van der Waals surface area contributed by atoms with E-state index in [1.807, 2.05) is 5.38 Å². The number of amides is 4. The van der Waals surface area contributed by atoms with Crippen molar-refractivity contribution in [3.8, 4) is 11.3 Å². The van der Waals surface area contributed by atoms with Gasteiger partial charge < -0.3 is 10.6 Å². The predicted molar refractivity (Wildman–Crippen MR) is 126 cm³/mol. The van der Waals surface area contributed by atoms with Gasteiger partial charge in [0.2, 0.25) is 5.91 Å². The number of thiazole rings is 1. The van der Waals surface area contributed by atoms with Gasteiger partial charge in [-0.3, -0.25) is 14.5 Å². The number of urea groups is 1. The van der Waals surface area contributed by atoms with Crippen LogP contribution in [0.3, 0.4) is 0 Å². The maximum absolute atomic E-state index is 12.7. The second kappa shape index (κ2) is 8.65. The molecule has 32 heavy (non-hydrogen) atoms. The summed E-state index contributed by atoms with van der Waals surface area (Å²) in [6, 6.07) is 5.97. The van der Waals surface area contributed by atoms with Gasteiger partial charge in [0.1, 0.15) is 12.1 Å². The van der Waals surface area contributed by atoms with Crippen molar-refractivity contribution in [2.75, 3.05) is 11.9 Å². The Labute approximate surface area is 192 Å². The van der Waals surface area contributed by atoms with Crippen molar-refractivity contribution in [1.29, 1.82) is 0 Å². The maximum Gasteiger partial charge on any atom is 0.325 e. The van der Waals surface area contributed by atoms with Gasteiger partial charge in [0, 0.05) is 10.9 Å². The Bertz CT molecular complexity index is 1050. The van der Waals surface area contributed by atoms with E-state index in [0.29, 0.717) is 29.8 Å². The molecule has 2 aromatic rings. The zero-order chi connectivity index (χ0) is 23.0. The lowest BCUT2D eigenvalue weighted by atomic mass is 9.90. The first-order valence-corrected chi connectivity index (χ1v) is 12.1. The number of nitrogens with one attached hydrogen (secondary N) is 2. The fraction of sp³-hybridized carbons (Fsp3) is 0.500. The zero-order valence-corrected chi connectivity index (χ0v) is 19.8. The Balaban J connectivity index is 1.46. The first kappa shape index (κ1) is 22.5. The average Bonchev–Trinajstić information content (AvgIpc) is 3.45. The van der Waals surface area contributed by atoms with Crippen LogP contribution in [0.5, 0.6) is 0 Å². The molecule has 4 amide bonds. The van der Waals surface area contributed by atoms with Crippen molar-refractivity contribution in [3.05, 3.63) is 34.7 Å². The van der Waals surface area contributed by atoms with Gasteiger partial charge in [0.15, 0.2) is 5.13 Å². The molecule has 1 spiro atoms. The summed E-state index contributed by atoms with van der Waals surface area (Å²) in [5.41, 5.74) is 3.57. The first-order chi connectivity index (χ1) is 15.2. The smallest absolute Gasteiger partial charge is 0.323 e. The van der Waals surface area contributed by atoms with Crippen molar-refractivity contribution in [2.45, 2.75) is 70.8 Å². The van der Waals surface area contributed by atoms with Crippen LogP contribution in [0.1, 0.15) is 76.3 Å². The van der Waals surface area contributed by atoms with E-state index in [0.717, 1.165) is 29.0 Å². The van der Waals surface area contributed by atoms with Crippen LogP contribution in [0, 0.1) is 0 Å². The molecular weight excluding hydrogens is 424 g/mol. The molecule has 1 aromatic carbocycles. The second-order valence-electron chi connectivity index (χ2n) is 9.35. The molecule has 2 fully saturated rings. The SMILES string of the molecule is CC(C)c1ccc(-c2csc(NC(=O)CN3C(=O)NC4(CCCC4)C3=O)n2)c(C(C)C)c1. The van der Waals surface area contributed by atoms with E-state index in [9.17, 15) is 14.4 Å². The fourth-order valence-corrected chi connectivity index (χ4v) is 5.27. The average molecular weight is 455 g/mol. The van der Waals surface area contributed by atoms with Crippen molar-refractivity contribution in [2.24, 2.45) is 0 Å². The number of rotatable bonds is 6. The highest BCUT2D eigenvalue weighted by atomic mass is 32.1. The summed E-state index contributed by atoms with van der Waals surface area (Å²) >= 11 is 1.33. The molecule has 0 bridgehead atoms. The highest BCUT2D eigenvalue weighted by Gasteiger charge is 2.52. The number of carbonyl (C=O) groups is 3. The number of aromatic nitrogens is 1. The quantitative estimate of drug-likeness (QED) is 0.610. The largest absolute Gasteiger partial charge is 0.325 e. The lowest BCUT2D eigenvalue weighted by Crippen LogP contribution is -2.44. The van der Waals surface area contributed by atoms with Gasteiger partial charge in [-0.2, -0.15) is 0 Å². The van der Waals surface area contributed by atoms with Crippen LogP contribution < -0.4 is 10.6 Å². The standard InChI is InChI=1S/C24H30N4O3S/c1-14(2)16-7-8-17(18(11-16)15(3)4)19-13-32-22(25-19)26-20(29)12-28-21(30)24(27-23(28)31)9-5-6-10-24/h7-8,11,13-15H,5-6,9-10,12H2,1-4H3,(H,27,31)(H,25,26,29). The molecule has 2 aliphatic rings. The molecule has 1 saturated carbocycles. The molecule has 1 aliphatic heterocycles. The molecule has 1 saturated heterocycles. The Hall–Kier alpha value is -2.74. The predicted octanol–water partition coefficient (Wildman–Crippen LogP) is 4.86. The monoisotopic (exact) mass is 454 g/mol. The fourth-order valence-electron chi connectivity index (χ4n) is 4.55. The molecular formula is C24H30N4O3S. The topological polar surface area (TPSA) is 91.4 Å². The Morgan fingerprint density at radius 3 is 2.56 bits per heavy atom. The summed E-state index contributed by atoms with van der Waals surface area (Å²) in [6.07, 6.45) is 3.09. The molecule has 170 valence electrons. The van der Waals surface area contributed by atoms with Gasteiger partial charge in [0.25, 0.3) is 5.91 Å². The van der Waals surface area contributed by atoms with Crippen LogP contribution in [-0.2, 0) is 9.59 Å². The highest BCUT2D eigenvalue weighted by molar-refractivity contribution is 7.14. The molecule has 2 N–H and O–H groups in total. The summed E-state index contributed by atoms with van der Waals surface area (Å²) in [5, 5.41) is 7.93. The number of carbonyl (C=O) groups excluding carboxylic acids is 3. The zero-order valence-electron chi connectivity index (χ0n) is 19.0. The summed E-state index contributed by atoms with van der Waals surface area (Å²) in [5.74, 6) is 0.0669. The molecule has 1 aromatic heterocycles. The third-order valence-electron chi connectivity index (χ3n) is 6.40. The van der Waals surface area contributed by atoms with E-state index in [4.69, 9.17) is 0 Å². The Morgan fingerprint density at radius 1 is 1.19 bits per heavy atom. The lowest BCUT2D eigenvalue weighted by molar-refractivity contribution is -0.133. The van der Waals surface area contributed by atoms with Gasteiger partial charge in [-0.05, 0) is 35.8 Å².